The van der Waals surface area contributed by atoms with Gasteiger partial charge in [0, 0.05) is 25.4 Å². The van der Waals surface area contributed by atoms with Gasteiger partial charge in [0.05, 0.1) is 25.2 Å². The first-order valence-electron chi connectivity index (χ1n) is 14.0. The molecular weight excluding hydrogens is 500 g/mol. The van der Waals surface area contributed by atoms with Gasteiger partial charge in [0.2, 0.25) is 5.91 Å². The predicted octanol–water partition coefficient (Wildman–Crippen LogP) is 3.01. The zero-order valence-corrected chi connectivity index (χ0v) is 22.7. The molecule has 2 saturated heterocycles. The van der Waals surface area contributed by atoms with Gasteiger partial charge in [-0.25, -0.2) is 0 Å². The molecule has 1 N–H and O–H groups in total. The summed E-state index contributed by atoms with van der Waals surface area (Å²) in [5.74, 6) is -2.08. The zero-order chi connectivity index (χ0) is 27.6. The number of nitrogens with zero attached hydrogens (tertiary/aromatic N) is 2. The number of amides is 2. The van der Waals surface area contributed by atoms with Gasteiger partial charge >= 0.3 is 5.97 Å². The predicted molar refractivity (Wildman–Crippen MR) is 144 cm³/mol. The first-order chi connectivity index (χ1) is 18.9. The molecule has 2 amide bonds. The summed E-state index contributed by atoms with van der Waals surface area (Å²) in [5, 5.41) is 9.25. The molecule has 1 spiro atoms. The minimum absolute atomic E-state index is 0.0680. The summed E-state index contributed by atoms with van der Waals surface area (Å²) in [6, 6.07) is 6.29. The highest BCUT2D eigenvalue weighted by Gasteiger charge is 2.74. The molecule has 39 heavy (non-hydrogen) atoms. The van der Waals surface area contributed by atoms with E-state index in [4.69, 9.17) is 14.2 Å². The number of likely N-dealkylation sites (tertiary alicyclic amines) is 1. The number of methoxy groups -OCH3 is 1. The van der Waals surface area contributed by atoms with Crippen molar-refractivity contribution in [2.24, 2.45) is 11.8 Å². The maximum absolute atomic E-state index is 14.4. The summed E-state index contributed by atoms with van der Waals surface area (Å²) in [7, 11) is 1.59. The van der Waals surface area contributed by atoms with E-state index in [1.165, 1.54) is 0 Å². The summed E-state index contributed by atoms with van der Waals surface area (Å²) in [6.45, 7) is 2.81. The Morgan fingerprint density at radius 1 is 1.00 bits per heavy atom. The lowest BCUT2D eigenvalue weighted by molar-refractivity contribution is -0.158. The number of carbonyl (C=O) groups is 3. The van der Waals surface area contributed by atoms with Crippen molar-refractivity contribution >= 4 is 23.5 Å². The number of aliphatic hydroxyl groups is 1. The molecule has 0 radical (unpaired) electrons. The van der Waals surface area contributed by atoms with E-state index in [2.05, 4.69) is 0 Å². The Morgan fingerprint density at radius 2 is 1.79 bits per heavy atom. The van der Waals surface area contributed by atoms with Crippen LogP contribution in [0.2, 0.25) is 0 Å². The Labute approximate surface area is 229 Å². The van der Waals surface area contributed by atoms with Crippen molar-refractivity contribution in [1.29, 1.82) is 0 Å². The average Bonchev–Trinajstić information content (AvgIpc) is 3.25. The molecule has 1 unspecified atom stereocenters. The summed E-state index contributed by atoms with van der Waals surface area (Å²) in [6.07, 6.45) is 12.0. The van der Waals surface area contributed by atoms with Gasteiger partial charge in [0.1, 0.15) is 23.3 Å². The van der Waals surface area contributed by atoms with Gasteiger partial charge in [-0.05, 0) is 69.7 Å². The number of ether oxygens (including phenoxy) is 3. The molecule has 1 aromatic carbocycles. The number of carbonyl (C=O) groups excluding carboxylic acids is 3. The number of esters is 1. The van der Waals surface area contributed by atoms with Gasteiger partial charge < -0.3 is 29.1 Å². The fraction of sp³-hybridized carbons (Fsp3) is 0.567. The van der Waals surface area contributed by atoms with Crippen molar-refractivity contribution in [2.75, 3.05) is 38.3 Å². The standard InChI is InChI=1S/C30H38N2O7/c1-29-15-6-3-4-9-20-38-28(36)24(29)23-26(34)32(17-7-5-8-19-33)25-27(35)31(18-10-16-30(23,25)39-29)21-11-13-22(37-2)14-12-21/h6,10-16,23-25,33H,3-5,7-9,17-20H2,1-2H3/b15-6-/t23-,24-,25?,29+,30-/m0/s1. The number of anilines is 1. The number of aliphatic hydroxyl groups excluding tert-OH is 1. The van der Waals surface area contributed by atoms with Crippen LogP contribution < -0.4 is 9.64 Å². The van der Waals surface area contributed by atoms with Gasteiger partial charge in [0.15, 0.2) is 0 Å². The number of allylic oxidation sites excluding steroid dienone is 1. The summed E-state index contributed by atoms with van der Waals surface area (Å²) >= 11 is 0. The van der Waals surface area contributed by atoms with Crippen LogP contribution in [0.3, 0.4) is 0 Å². The first kappa shape index (κ1) is 27.4. The number of hydrogen-bond donors (Lipinski definition) is 1. The molecule has 4 aliphatic heterocycles. The summed E-state index contributed by atoms with van der Waals surface area (Å²) in [4.78, 5) is 45.4. The highest BCUT2D eigenvalue weighted by atomic mass is 16.6. The molecule has 5 atom stereocenters. The molecule has 9 heteroatoms. The molecule has 4 heterocycles. The Bertz CT molecular complexity index is 1150. The number of hydrogen-bond acceptors (Lipinski definition) is 7. The fourth-order valence-electron chi connectivity index (χ4n) is 6.60. The van der Waals surface area contributed by atoms with E-state index in [1.807, 2.05) is 43.4 Å². The van der Waals surface area contributed by atoms with Crippen LogP contribution in [0.15, 0.2) is 48.6 Å². The first-order valence-corrected chi connectivity index (χ1v) is 14.0. The largest absolute Gasteiger partial charge is 0.497 e. The molecule has 5 rings (SSSR count). The molecule has 0 aromatic heterocycles. The van der Waals surface area contributed by atoms with Gasteiger partial charge in [-0.1, -0.05) is 24.3 Å². The molecule has 1 aromatic rings. The van der Waals surface area contributed by atoms with Crippen LogP contribution in [0.25, 0.3) is 0 Å². The Kier molecular flexibility index (Phi) is 7.82. The number of fused-ring (bicyclic) bond motifs is 2. The Morgan fingerprint density at radius 3 is 2.54 bits per heavy atom. The van der Waals surface area contributed by atoms with E-state index in [-0.39, 0.29) is 18.4 Å². The zero-order valence-electron chi connectivity index (χ0n) is 22.7. The second-order valence-corrected chi connectivity index (χ2v) is 10.9. The minimum atomic E-state index is -1.32. The quantitative estimate of drug-likeness (QED) is 0.323. The van der Waals surface area contributed by atoms with E-state index >= 15 is 0 Å². The highest BCUT2D eigenvalue weighted by Crippen LogP contribution is 2.57. The molecule has 0 bridgehead atoms. The summed E-state index contributed by atoms with van der Waals surface area (Å²) < 4.78 is 17.8. The average molecular weight is 539 g/mol. The molecular formula is C30H38N2O7. The number of unbranched alkanes of at least 4 members (excludes halogenated alkanes) is 2. The third-order valence-corrected chi connectivity index (χ3v) is 8.44. The van der Waals surface area contributed by atoms with Crippen molar-refractivity contribution in [3.05, 3.63) is 48.6 Å². The molecule has 4 aliphatic rings. The van der Waals surface area contributed by atoms with Crippen LogP contribution in [-0.2, 0) is 23.9 Å². The minimum Gasteiger partial charge on any atom is -0.497 e. The van der Waals surface area contributed by atoms with E-state index in [1.54, 1.807) is 29.0 Å². The van der Waals surface area contributed by atoms with Gasteiger partial charge in [0.25, 0.3) is 5.91 Å². The second-order valence-electron chi connectivity index (χ2n) is 10.9. The van der Waals surface area contributed by atoms with E-state index in [0.29, 0.717) is 50.4 Å². The monoisotopic (exact) mass is 538 g/mol. The van der Waals surface area contributed by atoms with Crippen LogP contribution in [0.5, 0.6) is 5.75 Å². The maximum atomic E-state index is 14.4. The van der Waals surface area contributed by atoms with Crippen LogP contribution >= 0.6 is 0 Å². The third-order valence-electron chi connectivity index (χ3n) is 8.44. The third kappa shape index (κ3) is 4.76. The van der Waals surface area contributed by atoms with Crippen LogP contribution in [0.4, 0.5) is 5.69 Å². The van der Waals surface area contributed by atoms with Gasteiger partial charge in [-0.3, -0.25) is 14.4 Å². The van der Waals surface area contributed by atoms with E-state index in [0.717, 1.165) is 19.3 Å². The van der Waals surface area contributed by atoms with Gasteiger partial charge in [-0.2, -0.15) is 0 Å². The van der Waals surface area contributed by atoms with Crippen LogP contribution in [-0.4, -0.2) is 78.4 Å². The molecule has 9 nitrogen and oxygen atoms in total. The number of rotatable bonds is 7. The van der Waals surface area contributed by atoms with Crippen molar-refractivity contribution in [3.8, 4) is 5.75 Å². The van der Waals surface area contributed by atoms with Crippen molar-refractivity contribution in [1.82, 2.24) is 4.90 Å². The normalized spacial score (nSPS) is 33.2. The molecule has 0 aliphatic carbocycles. The lowest BCUT2D eigenvalue weighted by atomic mass is 9.74. The smallest absolute Gasteiger partial charge is 0.313 e. The maximum Gasteiger partial charge on any atom is 0.313 e. The van der Waals surface area contributed by atoms with Crippen LogP contribution in [0.1, 0.15) is 45.4 Å². The fourth-order valence-corrected chi connectivity index (χ4v) is 6.60. The summed E-state index contributed by atoms with van der Waals surface area (Å²) in [5.41, 5.74) is -1.74. The Hall–Kier alpha value is -3.17. The SMILES string of the molecule is COc1ccc(N2CC=C[C@]34O[C@]5(C)/C=C\CCCCOC(=O)[C@@H]5[C@H]3C(=O)N(CCCCCO)C4C2=O)cc1. The molecule has 0 saturated carbocycles. The topological polar surface area (TPSA) is 106 Å². The Balaban J connectivity index is 1.58. The van der Waals surface area contributed by atoms with Crippen molar-refractivity contribution < 1.29 is 33.7 Å². The van der Waals surface area contributed by atoms with E-state index < -0.39 is 35.0 Å². The lowest BCUT2D eigenvalue weighted by Gasteiger charge is -2.37. The van der Waals surface area contributed by atoms with Crippen molar-refractivity contribution in [2.45, 2.75) is 62.7 Å². The van der Waals surface area contributed by atoms with Crippen molar-refractivity contribution in [3.63, 3.8) is 0 Å². The second kappa shape index (κ2) is 11.1. The highest BCUT2D eigenvalue weighted by molar-refractivity contribution is 6.05. The molecule has 210 valence electrons. The van der Waals surface area contributed by atoms with E-state index in [9.17, 15) is 19.5 Å². The van der Waals surface area contributed by atoms with Gasteiger partial charge in [-0.15, -0.1) is 0 Å². The lowest BCUT2D eigenvalue weighted by Crippen LogP contribution is -2.56. The van der Waals surface area contributed by atoms with Crippen LogP contribution in [0, 0.1) is 11.8 Å². The molecule has 2 fully saturated rings. The number of benzene rings is 1. The number of cyclic esters (lactones) is 1.